The molecule has 0 radical (unpaired) electrons. The lowest BCUT2D eigenvalue weighted by atomic mass is 10.1. The molecule has 3 nitrogen and oxygen atoms in total. The van der Waals surface area contributed by atoms with Crippen molar-refractivity contribution in [2.45, 2.75) is 25.3 Å². The van der Waals surface area contributed by atoms with Gasteiger partial charge in [-0.2, -0.15) is 0 Å². The fraction of sp³-hybridized carbons (Fsp3) is 0.571. The van der Waals surface area contributed by atoms with Crippen LogP contribution < -0.4 is 10.1 Å². The molecule has 18 heavy (non-hydrogen) atoms. The summed E-state index contributed by atoms with van der Waals surface area (Å²) in [5.74, 6) is 0.924. The second kappa shape index (κ2) is 8.35. The van der Waals surface area contributed by atoms with Crippen LogP contribution in [0, 0.1) is 6.92 Å². The van der Waals surface area contributed by atoms with Gasteiger partial charge >= 0.3 is 0 Å². The second-order valence-corrected chi connectivity index (χ2v) is 4.95. The minimum absolute atomic E-state index is 0.0712. The molecule has 1 aromatic carbocycles. The third-order valence-corrected chi connectivity index (χ3v) is 3.08. The van der Waals surface area contributed by atoms with E-state index in [0.717, 1.165) is 25.3 Å². The highest BCUT2D eigenvalue weighted by Gasteiger charge is 2.05. The van der Waals surface area contributed by atoms with Crippen molar-refractivity contribution in [1.29, 1.82) is 0 Å². The maximum absolute atomic E-state index is 6.06. The minimum atomic E-state index is 0.0712. The van der Waals surface area contributed by atoms with Crippen molar-refractivity contribution in [3.8, 4) is 5.75 Å². The summed E-state index contributed by atoms with van der Waals surface area (Å²) in [5.41, 5.74) is 2.41. The van der Waals surface area contributed by atoms with Gasteiger partial charge in [0.1, 0.15) is 5.75 Å². The van der Waals surface area contributed by atoms with Gasteiger partial charge in [-0.3, -0.25) is 0 Å². The van der Waals surface area contributed by atoms with Gasteiger partial charge in [-0.05, 0) is 26.0 Å². The Labute approximate surface area is 114 Å². The van der Waals surface area contributed by atoms with Gasteiger partial charge < -0.3 is 14.8 Å². The molecule has 102 valence electrons. The largest absolute Gasteiger partial charge is 0.496 e. The number of hydrogen-bond donors (Lipinski definition) is 1. The predicted octanol–water partition coefficient (Wildman–Crippen LogP) is 2.74. The molecule has 0 aliphatic rings. The average Bonchev–Trinajstić information content (AvgIpc) is 2.35. The zero-order chi connectivity index (χ0) is 13.4. The number of hydrogen-bond acceptors (Lipinski definition) is 3. The number of alkyl halides is 1. The lowest BCUT2D eigenvalue weighted by Gasteiger charge is -2.12. The van der Waals surface area contributed by atoms with E-state index in [2.05, 4.69) is 24.4 Å². The standard InChI is InChI=1S/C14H22ClNO2/c1-11-4-5-14(18-3)12(8-11)9-16-7-6-13(15)10-17-2/h4-5,8,13,16H,6-7,9-10H2,1-3H3. The molecule has 0 amide bonds. The number of rotatable bonds is 8. The first-order chi connectivity index (χ1) is 8.67. The Morgan fingerprint density at radius 1 is 1.33 bits per heavy atom. The van der Waals surface area contributed by atoms with Gasteiger partial charge in [0.2, 0.25) is 0 Å². The van der Waals surface area contributed by atoms with Gasteiger partial charge in [-0.1, -0.05) is 17.7 Å². The van der Waals surface area contributed by atoms with E-state index in [9.17, 15) is 0 Å². The van der Waals surface area contributed by atoms with E-state index < -0.39 is 0 Å². The molecule has 0 aromatic heterocycles. The van der Waals surface area contributed by atoms with E-state index >= 15 is 0 Å². The molecule has 0 fully saturated rings. The Bertz CT molecular complexity index is 358. The number of methoxy groups -OCH3 is 2. The van der Waals surface area contributed by atoms with Crippen LogP contribution in [0.3, 0.4) is 0 Å². The maximum Gasteiger partial charge on any atom is 0.123 e. The molecule has 0 heterocycles. The van der Waals surface area contributed by atoms with Gasteiger partial charge in [0, 0.05) is 19.2 Å². The minimum Gasteiger partial charge on any atom is -0.496 e. The molecule has 0 aliphatic heterocycles. The van der Waals surface area contributed by atoms with Crippen LogP contribution in [0.5, 0.6) is 5.75 Å². The Morgan fingerprint density at radius 2 is 2.11 bits per heavy atom. The van der Waals surface area contributed by atoms with Crippen LogP contribution in [0.25, 0.3) is 0 Å². The molecule has 0 bridgehead atoms. The highest BCUT2D eigenvalue weighted by atomic mass is 35.5. The first-order valence-corrected chi connectivity index (χ1v) is 6.58. The molecule has 0 spiro atoms. The normalized spacial score (nSPS) is 12.4. The fourth-order valence-electron chi connectivity index (χ4n) is 1.79. The summed E-state index contributed by atoms with van der Waals surface area (Å²) in [6.07, 6.45) is 0.892. The first-order valence-electron chi connectivity index (χ1n) is 6.14. The Kier molecular flexibility index (Phi) is 7.09. The summed E-state index contributed by atoms with van der Waals surface area (Å²) in [5, 5.41) is 3.44. The number of aryl methyl sites for hydroxylation is 1. The summed E-state index contributed by atoms with van der Waals surface area (Å²) in [6, 6.07) is 6.19. The van der Waals surface area contributed by atoms with Crippen LogP contribution >= 0.6 is 11.6 Å². The molecule has 1 N–H and O–H groups in total. The van der Waals surface area contributed by atoms with E-state index in [-0.39, 0.29) is 5.38 Å². The number of ether oxygens (including phenoxy) is 2. The summed E-state index contributed by atoms with van der Waals surface area (Å²) < 4.78 is 10.3. The van der Waals surface area contributed by atoms with Crippen molar-refractivity contribution in [2.24, 2.45) is 0 Å². The number of benzene rings is 1. The van der Waals surface area contributed by atoms with Gasteiger partial charge in [-0.15, -0.1) is 11.6 Å². The third kappa shape index (κ3) is 5.25. The molecule has 0 saturated carbocycles. The van der Waals surface area contributed by atoms with Crippen LogP contribution in [0.15, 0.2) is 18.2 Å². The molecule has 0 aliphatic carbocycles. The Hall–Kier alpha value is -0.770. The van der Waals surface area contributed by atoms with Crippen LogP contribution in [-0.2, 0) is 11.3 Å². The topological polar surface area (TPSA) is 30.5 Å². The highest BCUT2D eigenvalue weighted by molar-refractivity contribution is 6.20. The Balaban J connectivity index is 2.36. The smallest absolute Gasteiger partial charge is 0.123 e. The van der Waals surface area contributed by atoms with Crippen molar-refractivity contribution in [2.75, 3.05) is 27.4 Å². The summed E-state index contributed by atoms with van der Waals surface area (Å²) in [6.45, 7) is 4.34. The van der Waals surface area contributed by atoms with Crippen molar-refractivity contribution in [3.63, 3.8) is 0 Å². The van der Waals surface area contributed by atoms with Crippen molar-refractivity contribution in [3.05, 3.63) is 29.3 Å². The third-order valence-electron chi connectivity index (χ3n) is 2.73. The van der Waals surface area contributed by atoms with E-state index in [4.69, 9.17) is 21.1 Å². The zero-order valence-electron chi connectivity index (χ0n) is 11.3. The van der Waals surface area contributed by atoms with Crippen molar-refractivity contribution < 1.29 is 9.47 Å². The number of halogens is 1. The van der Waals surface area contributed by atoms with Crippen molar-refractivity contribution in [1.82, 2.24) is 5.32 Å². The first kappa shape index (κ1) is 15.3. The highest BCUT2D eigenvalue weighted by Crippen LogP contribution is 2.19. The summed E-state index contributed by atoms with van der Waals surface area (Å²) >= 11 is 6.06. The SMILES string of the molecule is COCC(Cl)CCNCc1cc(C)ccc1OC. The van der Waals surface area contributed by atoms with Gasteiger partial charge in [0.05, 0.1) is 19.1 Å². The van der Waals surface area contributed by atoms with Gasteiger partial charge in [-0.25, -0.2) is 0 Å². The van der Waals surface area contributed by atoms with E-state index in [1.54, 1.807) is 14.2 Å². The van der Waals surface area contributed by atoms with Gasteiger partial charge in [0.15, 0.2) is 0 Å². The summed E-state index contributed by atoms with van der Waals surface area (Å²) in [4.78, 5) is 0. The van der Waals surface area contributed by atoms with Crippen LogP contribution in [0.4, 0.5) is 0 Å². The predicted molar refractivity (Wildman–Crippen MR) is 75.6 cm³/mol. The molecule has 0 saturated heterocycles. The molecule has 1 unspecified atom stereocenters. The Morgan fingerprint density at radius 3 is 2.78 bits per heavy atom. The lowest BCUT2D eigenvalue weighted by Crippen LogP contribution is -2.20. The van der Waals surface area contributed by atoms with Crippen LogP contribution in [-0.4, -0.2) is 32.7 Å². The molecule has 1 atom stereocenters. The molecular formula is C14H22ClNO2. The monoisotopic (exact) mass is 271 g/mol. The van der Waals surface area contributed by atoms with E-state index in [1.165, 1.54) is 11.1 Å². The maximum atomic E-state index is 6.06. The molecule has 1 aromatic rings. The van der Waals surface area contributed by atoms with Crippen LogP contribution in [0.1, 0.15) is 17.5 Å². The van der Waals surface area contributed by atoms with Gasteiger partial charge in [0.25, 0.3) is 0 Å². The quantitative estimate of drug-likeness (QED) is 0.583. The average molecular weight is 272 g/mol. The lowest BCUT2D eigenvalue weighted by molar-refractivity contribution is 0.195. The van der Waals surface area contributed by atoms with E-state index in [0.29, 0.717) is 6.61 Å². The summed E-state index contributed by atoms with van der Waals surface area (Å²) in [7, 11) is 3.36. The van der Waals surface area contributed by atoms with E-state index in [1.807, 2.05) is 6.07 Å². The zero-order valence-corrected chi connectivity index (χ0v) is 12.1. The molecule has 1 rings (SSSR count). The second-order valence-electron chi connectivity index (χ2n) is 4.33. The fourth-order valence-corrected chi connectivity index (χ4v) is 2.03. The van der Waals surface area contributed by atoms with Crippen LogP contribution in [0.2, 0.25) is 0 Å². The molecular weight excluding hydrogens is 250 g/mol. The van der Waals surface area contributed by atoms with Crippen molar-refractivity contribution >= 4 is 11.6 Å². The molecule has 4 heteroatoms. The number of nitrogens with one attached hydrogen (secondary N) is 1.